The lowest BCUT2D eigenvalue weighted by atomic mass is 10.4. The summed E-state index contributed by atoms with van der Waals surface area (Å²) in [6.07, 6.45) is 1.78. The van der Waals surface area contributed by atoms with Gasteiger partial charge in [0.2, 0.25) is 0 Å². The largest absolute Gasteiger partial charge is 0.367 e. The van der Waals surface area contributed by atoms with Crippen molar-refractivity contribution in [2.75, 3.05) is 5.09 Å². The van der Waals surface area contributed by atoms with Crippen LogP contribution in [0.1, 0.15) is 0 Å². The monoisotopic (exact) mass is 330 g/mol. The van der Waals surface area contributed by atoms with E-state index >= 15 is 0 Å². The van der Waals surface area contributed by atoms with Gasteiger partial charge in [-0.2, -0.15) is 0 Å². The standard InChI is InChI=1S/C5H5BrIN2P/c6-5-1-3(7)4(9-10)2-8-5/h1-2,9H,10H2. The van der Waals surface area contributed by atoms with Gasteiger partial charge in [0, 0.05) is 3.57 Å². The molecule has 1 heterocycles. The minimum atomic E-state index is 0.862. The summed E-state index contributed by atoms with van der Waals surface area (Å²) in [4.78, 5) is 4.05. The van der Waals surface area contributed by atoms with Gasteiger partial charge < -0.3 is 5.09 Å². The third-order valence-electron chi connectivity index (χ3n) is 0.976. The van der Waals surface area contributed by atoms with Gasteiger partial charge in [-0.3, -0.25) is 0 Å². The van der Waals surface area contributed by atoms with Gasteiger partial charge in [-0.05, 0) is 54.0 Å². The van der Waals surface area contributed by atoms with Crippen LogP contribution in [0.25, 0.3) is 0 Å². The summed E-state index contributed by atoms with van der Waals surface area (Å²) >= 11 is 5.52. The highest BCUT2D eigenvalue weighted by Gasteiger charge is 1.96. The maximum absolute atomic E-state index is 4.05. The highest BCUT2D eigenvalue weighted by Crippen LogP contribution is 2.20. The van der Waals surface area contributed by atoms with E-state index in [1.54, 1.807) is 6.20 Å². The summed E-state index contributed by atoms with van der Waals surface area (Å²) < 4.78 is 2.01. The van der Waals surface area contributed by atoms with Gasteiger partial charge in [0.1, 0.15) is 4.60 Å². The van der Waals surface area contributed by atoms with Crippen LogP contribution in [0.5, 0.6) is 0 Å². The molecule has 1 aromatic heterocycles. The van der Waals surface area contributed by atoms with E-state index in [1.165, 1.54) is 0 Å². The zero-order valence-corrected chi connectivity index (χ0v) is 9.83. The Balaban J connectivity index is 3.07. The summed E-state index contributed by atoms with van der Waals surface area (Å²) in [5.74, 6) is 0. The molecule has 0 bridgehead atoms. The molecule has 0 saturated carbocycles. The SMILES string of the molecule is PNc1cnc(Br)cc1I. The third kappa shape index (κ3) is 2.04. The number of halogens is 2. The molecule has 0 amide bonds. The van der Waals surface area contributed by atoms with Crippen LogP contribution in [0.3, 0.4) is 0 Å². The van der Waals surface area contributed by atoms with Crippen molar-refractivity contribution in [3.05, 3.63) is 20.4 Å². The molecule has 0 fully saturated rings. The predicted octanol–water partition coefficient (Wildman–Crippen LogP) is 2.65. The van der Waals surface area contributed by atoms with Gasteiger partial charge in [0.15, 0.2) is 0 Å². The Kier molecular flexibility index (Phi) is 3.33. The number of pyridine rings is 1. The molecule has 1 rings (SSSR count). The van der Waals surface area contributed by atoms with E-state index in [0.29, 0.717) is 0 Å². The quantitative estimate of drug-likeness (QED) is 0.486. The average Bonchev–Trinajstić information content (AvgIpc) is 1.88. The lowest BCUT2D eigenvalue weighted by Crippen LogP contribution is -1.86. The van der Waals surface area contributed by atoms with Gasteiger partial charge in [-0.25, -0.2) is 4.98 Å². The van der Waals surface area contributed by atoms with Crippen molar-refractivity contribution in [2.24, 2.45) is 0 Å². The van der Waals surface area contributed by atoms with Crippen LogP contribution >= 0.6 is 47.9 Å². The van der Waals surface area contributed by atoms with Crippen molar-refractivity contribution in [1.82, 2.24) is 4.98 Å². The number of rotatable bonds is 1. The first kappa shape index (κ1) is 8.68. The van der Waals surface area contributed by atoms with Crippen LogP contribution in [0, 0.1) is 3.57 Å². The molecule has 1 unspecified atom stereocenters. The van der Waals surface area contributed by atoms with E-state index in [1.807, 2.05) is 6.07 Å². The molecule has 0 aliphatic heterocycles. The van der Waals surface area contributed by atoms with E-state index in [0.717, 1.165) is 13.9 Å². The zero-order chi connectivity index (χ0) is 7.56. The first-order valence-corrected chi connectivity index (χ1v) is 4.96. The summed E-state index contributed by atoms with van der Waals surface area (Å²) in [6, 6.07) is 1.95. The highest BCUT2D eigenvalue weighted by molar-refractivity contribution is 14.1. The zero-order valence-electron chi connectivity index (χ0n) is 4.94. The number of hydrogen-bond acceptors (Lipinski definition) is 2. The van der Waals surface area contributed by atoms with Gasteiger partial charge in [0.25, 0.3) is 0 Å². The molecule has 0 aliphatic rings. The second-order valence-corrected chi connectivity index (χ2v) is 3.89. The van der Waals surface area contributed by atoms with Crippen molar-refractivity contribution in [2.45, 2.75) is 0 Å². The molecule has 0 radical (unpaired) electrons. The molecular formula is C5H5BrIN2P. The number of nitrogens with one attached hydrogen (secondary N) is 1. The lowest BCUT2D eigenvalue weighted by molar-refractivity contribution is 1.27. The Bertz CT molecular complexity index is 243. The second-order valence-electron chi connectivity index (χ2n) is 1.63. The van der Waals surface area contributed by atoms with Crippen molar-refractivity contribution >= 4 is 53.6 Å². The van der Waals surface area contributed by atoms with E-state index in [-0.39, 0.29) is 0 Å². The fourth-order valence-electron chi connectivity index (χ4n) is 0.514. The van der Waals surface area contributed by atoms with Crippen LogP contribution in [0.2, 0.25) is 0 Å². The lowest BCUT2D eigenvalue weighted by Gasteiger charge is -2.00. The summed E-state index contributed by atoms with van der Waals surface area (Å²) in [7, 11) is 2.43. The Hall–Kier alpha value is 0.590. The van der Waals surface area contributed by atoms with E-state index in [4.69, 9.17) is 0 Å². The molecule has 0 aliphatic carbocycles. The van der Waals surface area contributed by atoms with Crippen molar-refractivity contribution in [3.63, 3.8) is 0 Å². The smallest absolute Gasteiger partial charge is 0.107 e. The van der Waals surface area contributed by atoms with Crippen LogP contribution < -0.4 is 5.09 Å². The topological polar surface area (TPSA) is 24.9 Å². The normalized spacial score (nSPS) is 9.50. The Morgan fingerprint density at radius 1 is 1.70 bits per heavy atom. The molecule has 0 spiro atoms. The fourth-order valence-corrected chi connectivity index (χ4v) is 2.39. The Morgan fingerprint density at radius 3 is 2.90 bits per heavy atom. The summed E-state index contributed by atoms with van der Waals surface area (Å²) in [5.41, 5.74) is 1.02. The summed E-state index contributed by atoms with van der Waals surface area (Å²) in [5, 5.41) is 2.95. The molecule has 0 saturated heterocycles. The van der Waals surface area contributed by atoms with E-state index < -0.39 is 0 Å². The highest BCUT2D eigenvalue weighted by atomic mass is 127. The van der Waals surface area contributed by atoms with Gasteiger partial charge in [-0.15, -0.1) is 0 Å². The maximum atomic E-state index is 4.05. The molecule has 2 nitrogen and oxygen atoms in total. The van der Waals surface area contributed by atoms with Crippen molar-refractivity contribution in [1.29, 1.82) is 0 Å². The van der Waals surface area contributed by atoms with Crippen molar-refractivity contribution in [3.8, 4) is 0 Å². The Morgan fingerprint density at radius 2 is 2.40 bits per heavy atom. The predicted molar refractivity (Wildman–Crippen MR) is 58.0 cm³/mol. The molecule has 54 valence electrons. The Labute approximate surface area is 83.7 Å². The molecular weight excluding hydrogens is 326 g/mol. The number of anilines is 1. The third-order valence-corrected chi connectivity index (χ3v) is 2.61. The molecule has 1 atom stereocenters. The van der Waals surface area contributed by atoms with Crippen LogP contribution in [-0.2, 0) is 0 Å². The van der Waals surface area contributed by atoms with E-state index in [9.17, 15) is 0 Å². The van der Waals surface area contributed by atoms with E-state index in [2.05, 4.69) is 58.0 Å². The number of aromatic nitrogens is 1. The molecule has 0 aromatic carbocycles. The van der Waals surface area contributed by atoms with Gasteiger partial charge in [-0.1, -0.05) is 0 Å². The summed E-state index contributed by atoms with van der Waals surface area (Å²) in [6.45, 7) is 0. The molecule has 1 aromatic rings. The second kappa shape index (κ2) is 3.83. The first-order chi connectivity index (χ1) is 4.74. The average molecular weight is 331 g/mol. The minimum Gasteiger partial charge on any atom is -0.367 e. The molecule has 5 heteroatoms. The van der Waals surface area contributed by atoms with Gasteiger partial charge in [0.05, 0.1) is 11.9 Å². The maximum Gasteiger partial charge on any atom is 0.107 e. The van der Waals surface area contributed by atoms with Crippen LogP contribution in [-0.4, -0.2) is 4.98 Å². The number of hydrogen-bond donors (Lipinski definition) is 1. The van der Waals surface area contributed by atoms with Gasteiger partial charge >= 0.3 is 0 Å². The molecule has 10 heavy (non-hydrogen) atoms. The fraction of sp³-hybridized carbons (Fsp3) is 0. The minimum absolute atomic E-state index is 0.862. The van der Waals surface area contributed by atoms with Crippen LogP contribution in [0.4, 0.5) is 5.69 Å². The molecule has 1 N–H and O–H groups in total. The first-order valence-electron chi connectivity index (χ1n) is 2.51. The van der Waals surface area contributed by atoms with Crippen molar-refractivity contribution < 1.29 is 0 Å². The number of nitrogens with zero attached hydrogens (tertiary/aromatic N) is 1. The van der Waals surface area contributed by atoms with Crippen LogP contribution in [0.15, 0.2) is 16.9 Å².